The Bertz CT molecular complexity index is 1250. The quantitative estimate of drug-likeness (QED) is 0.243. The lowest BCUT2D eigenvalue weighted by molar-refractivity contribution is -0.120. The predicted molar refractivity (Wildman–Crippen MR) is 142 cm³/mol. The van der Waals surface area contributed by atoms with Gasteiger partial charge in [-0.2, -0.15) is 0 Å². The number of amides is 1. The average molecular weight is 490 g/mol. The van der Waals surface area contributed by atoms with Crippen LogP contribution in [0.1, 0.15) is 36.2 Å². The van der Waals surface area contributed by atoms with Crippen LogP contribution >= 0.6 is 11.6 Å². The van der Waals surface area contributed by atoms with Crippen LogP contribution in [-0.2, 0) is 24.2 Å². The lowest BCUT2D eigenvalue weighted by atomic mass is 10.1. The van der Waals surface area contributed by atoms with Crippen LogP contribution in [0.3, 0.4) is 0 Å². The molecule has 0 aliphatic rings. The Morgan fingerprint density at radius 2 is 1.74 bits per heavy atom. The third-order valence-electron chi connectivity index (χ3n) is 6.05. The number of ether oxygens (including phenoxy) is 1. The molecule has 6 heteroatoms. The highest BCUT2D eigenvalue weighted by atomic mass is 35.5. The van der Waals surface area contributed by atoms with Crippen molar-refractivity contribution >= 4 is 28.5 Å². The summed E-state index contributed by atoms with van der Waals surface area (Å²) >= 11 is 6.14. The molecule has 3 aromatic carbocycles. The zero-order valence-corrected chi connectivity index (χ0v) is 20.9. The third-order valence-corrected chi connectivity index (χ3v) is 6.42. The smallest absolute Gasteiger partial charge is 0.224 e. The number of unbranched alkanes of at least 4 members (excludes halogenated alkanes) is 2. The maximum atomic E-state index is 12.2. The van der Waals surface area contributed by atoms with Gasteiger partial charge in [-0.25, -0.2) is 4.98 Å². The number of hydrogen-bond donors (Lipinski definition) is 1. The van der Waals surface area contributed by atoms with Gasteiger partial charge in [0.05, 0.1) is 24.0 Å². The number of nitrogens with one attached hydrogen (secondary N) is 1. The zero-order valence-electron chi connectivity index (χ0n) is 20.2. The van der Waals surface area contributed by atoms with Gasteiger partial charge in [-0.15, -0.1) is 0 Å². The number of nitrogens with zero attached hydrogens (tertiary/aromatic N) is 2. The lowest BCUT2D eigenvalue weighted by Gasteiger charge is -2.11. The molecule has 0 aliphatic carbocycles. The second-order valence-electron chi connectivity index (χ2n) is 8.76. The zero-order chi connectivity index (χ0) is 24.5. The number of halogens is 1. The fraction of sp³-hybridized carbons (Fsp3) is 0.310. The molecule has 0 bridgehead atoms. The molecule has 0 unspecified atom stereocenters. The van der Waals surface area contributed by atoms with Gasteiger partial charge in [0.15, 0.2) is 0 Å². The van der Waals surface area contributed by atoms with E-state index in [1.807, 2.05) is 42.5 Å². The number of imidazole rings is 1. The van der Waals surface area contributed by atoms with E-state index in [0.29, 0.717) is 24.6 Å². The second kappa shape index (κ2) is 12.4. The number of carbonyl (C=O) groups excluding carboxylic acids is 1. The predicted octanol–water partition coefficient (Wildman–Crippen LogP) is 6.15. The highest BCUT2D eigenvalue weighted by molar-refractivity contribution is 6.31. The Hall–Kier alpha value is -3.31. The van der Waals surface area contributed by atoms with E-state index in [0.717, 1.165) is 60.4 Å². The molecule has 0 aliphatic heterocycles. The number of fused-ring (bicyclic) bond motifs is 1. The van der Waals surface area contributed by atoms with Crippen molar-refractivity contribution in [3.63, 3.8) is 0 Å². The van der Waals surface area contributed by atoms with E-state index < -0.39 is 0 Å². The van der Waals surface area contributed by atoms with Crippen LogP contribution in [0.25, 0.3) is 11.0 Å². The van der Waals surface area contributed by atoms with E-state index in [2.05, 4.69) is 47.1 Å². The van der Waals surface area contributed by atoms with Gasteiger partial charge in [-0.05, 0) is 55.7 Å². The average Bonchev–Trinajstić information content (AvgIpc) is 3.21. The summed E-state index contributed by atoms with van der Waals surface area (Å²) in [5.41, 5.74) is 4.24. The molecule has 182 valence electrons. The van der Waals surface area contributed by atoms with Crippen LogP contribution < -0.4 is 10.1 Å². The lowest BCUT2D eigenvalue weighted by Crippen LogP contribution is -2.26. The van der Waals surface area contributed by atoms with Gasteiger partial charge >= 0.3 is 0 Å². The minimum absolute atomic E-state index is 0.00784. The maximum Gasteiger partial charge on any atom is 0.224 e. The van der Waals surface area contributed by atoms with E-state index in [1.54, 1.807) is 0 Å². The highest BCUT2D eigenvalue weighted by Crippen LogP contribution is 2.19. The molecule has 0 radical (unpaired) electrons. The minimum atomic E-state index is 0.00784. The van der Waals surface area contributed by atoms with Crippen LogP contribution in [0, 0.1) is 6.92 Å². The van der Waals surface area contributed by atoms with E-state index in [1.165, 1.54) is 5.56 Å². The first-order chi connectivity index (χ1) is 17.1. The molecular formula is C29H32ClN3O2. The molecule has 4 rings (SSSR count). The third kappa shape index (κ3) is 7.09. The summed E-state index contributed by atoms with van der Waals surface area (Å²) in [6, 6.07) is 23.9. The molecule has 0 saturated heterocycles. The number of aryl methyl sites for hydroxylation is 2. The van der Waals surface area contributed by atoms with Gasteiger partial charge in [-0.3, -0.25) is 4.79 Å². The van der Waals surface area contributed by atoms with Gasteiger partial charge < -0.3 is 14.6 Å². The van der Waals surface area contributed by atoms with Crippen molar-refractivity contribution in [2.24, 2.45) is 0 Å². The Morgan fingerprint density at radius 1 is 0.971 bits per heavy atom. The van der Waals surface area contributed by atoms with Gasteiger partial charge in [0.1, 0.15) is 18.2 Å². The largest absolute Gasteiger partial charge is 0.492 e. The van der Waals surface area contributed by atoms with Crippen molar-refractivity contribution in [2.75, 3.05) is 13.2 Å². The topological polar surface area (TPSA) is 56.1 Å². The molecule has 4 aromatic rings. The van der Waals surface area contributed by atoms with E-state index in [4.69, 9.17) is 21.3 Å². The number of aromatic nitrogens is 2. The summed E-state index contributed by atoms with van der Waals surface area (Å²) in [5.74, 6) is 1.98. The molecule has 0 saturated carbocycles. The molecule has 0 fully saturated rings. The maximum absolute atomic E-state index is 12.2. The standard InChI is InChI=1S/C29H32ClN3O2/c1-22-14-16-24(17-15-22)35-20-19-33-27-12-7-6-11-26(27)32-28(33)13-3-2-8-18-31-29(34)21-23-9-4-5-10-25(23)30/h4-7,9-12,14-17H,2-3,8,13,18-21H2,1H3,(H,31,34). The number of rotatable bonds is 12. The molecule has 1 heterocycles. The highest BCUT2D eigenvalue weighted by Gasteiger charge is 2.11. The van der Waals surface area contributed by atoms with Gasteiger partial charge in [0.25, 0.3) is 0 Å². The molecule has 0 atom stereocenters. The summed E-state index contributed by atoms with van der Waals surface area (Å²) in [7, 11) is 0. The number of para-hydroxylation sites is 2. The summed E-state index contributed by atoms with van der Waals surface area (Å²) in [5, 5.41) is 3.64. The normalized spacial score (nSPS) is 11.0. The molecule has 1 aromatic heterocycles. The summed E-state index contributed by atoms with van der Waals surface area (Å²) in [6.07, 6.45) is 4.18. The molecule has 1 N–H and O–H groups in total. The first-order valence-corrected chi connectivity index (χ1v) is 12.6. The SMILES string of the molecule is Cc1ccc(OCCn2c(CCCCCNC(=O)Cc3ccccc3Cl)nc3ccccc32)cc1. The Morgan fingerprint density at radius 3 is 2.57 bits per heavy atom. The Kier molecular flexibility index (Phi) is 8.79. The Balaban J connectivity index is 1.23. The van der Waals surface area contributed by atoms with Gasteiger partial charge in [0, 0.05) is 18.0 Å². The Labute approximate surface area is 212 Å². The van der Waals surface area contributed by atoms with E-state index in [9.17, 15) is 4.79 Å². The van der Waals surface area contributed by atoms with Crippen molar-refractivity contribution < 1.29 is 9.53 Å². The minimum Gasteiger partial charge on any atom is -0.492 e. The van der Waals surface area contributed by atoms with Crippen LogP contribution in [0.4, 0.5) is 0 Å². The monoisotopic (exact) mass is 489 g/mol. The van der Waals surface area contributed by atoms with Gasteiger partial charge in [-0.1, -0.05) is 66.0 Å². The first kappa shape index (κ1) is 24.8. The molecule has 1 amide bonds. The molecular weight excluding hydrogens is 458 g/mol. The van der Waals surface area contributed by atoms with E-state index in [-0.39, 0.29) is 5.91 Å². The van der Waals surface area contributed by atoms with Crippen molar-refractivity contribution in [1.29, 1.82) is 0 Å². The molecule has 0 spiro atoms. The second-order valence-corrected chi connectivity index (χ2v) is 9.17. The van der Waals surface area contributed by atoms with Gasteiger partial charge in [0.2, 0.25) is 5.91 Å². The van der Waals surface area contributed by atoms with Crippen LogP contribution in [-0.4, -0.2) is 28.6 Å². The summed E-state index contributed by atoms with van der Waals surface area (Å²) in [4.78, 5) is 17.1. The first-order valence-electron chi connectivity index (χ1n) is 12.2. The number of benzene rings is 3. The van der Waals surface area contributed by atoms with Crippen molar-refractivity contribution in [1.82, 2.24) is 14.9 Å². The van der Waals surface area contributed by atoms with Crippen molar-refractivity contribution in [3.05, 3.63) is 94.8 Å². The summed E-state index contributed by atoms with van der Waals surface area (Å²) in [6.45, 7) is 4.09. The number of hydrogen-bond acceptors (Lipinski definition) is 3. The van der Waals surface area contributed by atoms with E-state index >= 15 is 0 Å². The molecule has 35 heavy (non-hydrogen) atoms. The summed E-state index contributed by atoms with van der Waals surface area (Å²) < 4.78 is 8.24. The number of carbonyl (C=O) groups is 1. The fourth-order valence-corrected chi connectivity index (χ4v) is 4.35. The van der Waals surface area contributed by atoms with Crippen LogP contribution in [0.5, 0.6) is 5.75 Å². The van der Waals surface area contributed by atoms with Crippen molar-refractivity contribution in [2.45, 2.75) is 45.6 Å². The van der Waals surface area contributed by atoms with Crippen LogP contribution in [0.2, 0.25) is 5.02 Å². The molecule has 5 nitrogen and oxygen atoms in total. The van der Waals surface area contributed by atoms with Crippen molar-refractivity contribution in [3.8, 4) is 5.75 Å². The fourth-order valence-electron chi connectivity index (χ4n) is 4.14. The van der Waals surface area contributed by atoms with Crippen LogP contribution in [0.15, 0.2) is 72.8 Å².